The van der Waals surface area contributed by atoms with Crippen LogP contribution < -0.4 is 5.73 Å². The minimum absolute atomic E-state index is 0.0809. The summed E-state index contributed by atoms with van der Waals surface area (Å²) in [7, 11) is -2.88. The summed E-state index contributed by atoms with van der Waals surface area (Å²) in [5.74, 6) is 0.653. The van der Waals surface area contributed by atoms with Crippen molar-refractivity contribution in [1.29, 1.82) is 0 Å². The fraction of sp³-hybridized carbons (Fsp3) is 0.455. The first kappa shape index (κ1) is 10.6. The Hall–Kier alpha value is -0.870. The fourth-order valence-electron chi connectivity index (χ4n) is 2.22. The van der Waals surface area contributed by atoms with Crippen LogP contribution in [0.15, 0.2) is 30.3 Å². The van der Waals surface area contributed by atoms with E-state index in [1.54, 1.807) is 0 Å². The van der Waals surface area contributed by atoms with Crippen molar-refractivity contribution in [2.75, 3.05) is 18.1 Å². The highest BCUT2D eigenvalue weighted by Gasteiger charge is 2.37. The van der Waals surface area contributed by atoms with Crippen LogP contribution >= 0.6 is 0 Å². The predicted octanol–water partition coefficient (Wildman–Crippen LogP) is 0.773. The lowest BCUT2D eigenvalue weighted by molar-refractivity contribution is 0.533. The van der Waals surface area contributed by atoms with Crippen molar-refractivity contribution in [3.8, 4) is 0 Å². The molecule has 3 nitrogen and oxygen atoms in total. The number of sulfone groups is 1. The Labute approximate surface area is 90.2 Å². The Kier molecular flexibility index (Phi) is 2.80. The van der Waals surface area contributed by atoms with Crippen LogP contribution in [-0.2, 0) is 9.84 Å². The van der Waals surface area contributed by atoms with Gasteiger partial charge in [0.25, 0.3) is 0 Å². The molecule has 0 aliphatic carbocycles. The first-order valence-corrected chi connectivity index (χ1v) is 6.90. The van der Waals surface area contributed by atoms with Gasteiger partial charge in [0.05, 0.1) is 11.5 Å². The molecule has 2 N–H and O–H groups in total. The number of hydrogen-bond donors (Lipinski definition) is 1. The Morgan fingerprint density at radius 3 is 2.47 bits per heavy atom. The molecule has 0 aromatic heterocycles. The van der Waals surface area contributed by atoms with Crippen molar-refractivity contribution >= 4 is 9.84 Å². The zero-order valence-corrected chi connectivity index (χ0v) is 9.28. The van der Waals surface area contributed by atoms with Gasteiger partial charge in [0.15, 0.2) is 9.84 Å². The van der Waals surface area contributed by atoms with Gasteiger partial charge in [-0.05, 0) is 18.0 Å². The summed E-state index contributed by atoms with van der Waals surface area (Å²) in [4.78, 5) is 0. The molecule has 1 saturated heterocycles. The van der Waals surface area contributed by atoms with Crippen molar-refractivity contribution in [3.05, 3.63) is 35.9 Å². The zero-order valence-electron chi connectivity index (χ0n) is 8.46. The van der Waals surface area contributed by atoms with E-state index >= 15 is 0 Å². The standard InChI is InChI=1S/C11H15NO2S/c12-6-10-7-15(13,14)8-11(10)9-4-2-1-3-5-9/h1-5,10-11H,6-8,12H2. The molecule has 0 amide bonds. The quantitative estimate of drug-likeness (QED) is 0.809. The predicted molar refractivity (Wildman–Crippen MR) is 60.4 cm³/mol. The minimum atomic E-state index is -2.88. The maximum Gasteiger partial charge on any atom is 0.151 e. The molecule has 1 aliphatic rings. The molecule has 1 heterocycles. The third-order valence-corrected chi connectivity index (χ3v) is 4.80. The molecule has 0 radical (unpaired) electrons. The molecule has 1 aliphatic heterocycles. The second-order valence-electron chi connectivity index (χ2n) is 4.09. The lowest BCUT2D eigenvalue weighted by Gasteiger charge is -2.15. The van der Waals surface area contributed by atoms with Crippen molar-refractivity contribution in [2.45, 2.75) is 5.92 Å². The average Bonchev–Trinajstić information content (AvgIpc) is 2.55. The summed E-state index contributed by atoms with van der Waals surface area (Å²) in [5, 5.41) is 0. The van der Waals surface area contributed by atoms with Crippen molar-refractivity contribution in [3.63, 3.8) is 0 Å². The Morgan fingerprint density at radius 2 is 1.87 bits per heavy atom. The highest BCUT2D eigenvalue weighted by molar-refractivity contribution is 7.91. The SMILES string of the molecule is NCC1CS(=O)(=O)CC1c1ccccc1. The Morgan fingerprint density at radius 1 is 1.20 bits per heavy atom. The summed E-state index contributed by atoms with van der Waals surface area (Å²) in [5.41, 5.74) is 6.71. The van der Waals surface area contributed by atoms with Crippen LogP contribution in [0.25, 0.3) is 0 Å². The lowest BCUT2D eigenvalue weighted by Crippen LogP contribution is -2.20. The average molecular weight is 225 g/mol. The maximum absolute atomic E-state index is 11.5. The van der Waals surface area contributed by atoms with Gasteiger partial charge in [-0.1, -0.05) is 30.3 Å². The van der Waals surface area contributed by atoms with Crippen LogP contribution in [0.3, 0.4) is 0 Å². The van der Waals surface area contributed by atoms with E-state index in [2.05, 4.69) is 0 Å². The molecular weight excluding hydrogens is 210 g/mol. The van der Waals surface area contributed by atoms with Gasteiger partial charge in [-0.15, -0.1) is 0 Å². The second kappa shape index (κ2) is 3.94. The number of hydrogen-bond acceptors (Lipinski definition) is 3. The molecule has 82 valence electrons. The molecule has 2 atom stereocenters. The monoisotopic (exact) mass is 225 g/mol. The van der Waals surface area contributed by atoms with E-state index in [0.29, 0.717) is 6.54 Å². The molecule has 15 heavy (non-hydrogen) atoms. The van der Waals surface area contributed by atoms with Crippen LogP contribution in [0, 0.1) is 5.92 Å². The summed E-state index contributed by atoms with van der Waals surface area (Å²) in [6.45, 7) is 0.443. The van der Waals surface area contributed by atoms with Crippen LogP contribution in [0.5, 0.6) is 0 Å². The van der Waals surface area contributed by atoms with Crippen LogP contribution in [0.2, 0.25) is 0 Å². The highest BCUT2D eigenvalue weighted by atomic mass is 32.2. The molecule has 1 aromatic rings. The van der Waals surface area contributed by atoms with Gasteiger partial charge in [0, 0.05) is 5.92 Å². The van der Waals surface area contributed by atoms with E-state index in [-0.39, 0.29) is 23.3 Å². The van der Waals surface area contributed by atoms with E-state index < -0.39 is 9.84 Å². The normalized spacial score (nSPS) is 29.1. The van der Waals surface area contributed by atoms with Crippen LogP contribution in [0.1, 0.15) is 11.5 Å². The first-order valence-electron chi connectivity index (χ1n) is 5.08. The number of rotatable bonds is 2. The van der Waals surface area contributed by atoms with Crippen molar-refractivity contribution in [1.82, 2.24) is 0 Å². The van der Waals surface area contributed by atoms with E-state index in [1.165, 1.54) is 0 Å². The van der Waals surface area contributed by atoms with Gasteiger partial charge in [0.1, 0.15) is 0 Å². The summed E-state index contributed by atoms with van der Waals surface area (Å²) >= 11 is 0. The summed E-state index contributed by atoms with van der Waals surface area (Å²) < 4.78 is 23.1. The van der Waals surface area contributed by atoms with Gasteiger partial charge in [0.2, 0.25) is 0 Å². The summed E-state index contributed by atoms with van der Waals surface area (Å²) in [6.07, 6.45) is 0. The van der Waals surface area contributed by atoms with Crippen LogP contribution in [-0.4, -0.2) is 26.5 Å². The van der Waals surface area contributed by atoms with Gasteiger partial charge in [-0.25, -0.2) is 8.42 Å². The lowest BCUT2D eigenvalue weighted by atomic mass is 9.89. The maximum atomic E-state index is 11.5. The first-order chi connectivity index (χ1) is 7.12. The van der Waals surface area contributed by atoms with Crippen LogP contribution in [0.4, 0.5) is 0 Å². The Bertz CT molecular complexity index is 427. The topological polar surface area (TPSA) is 60.2 Å². The summed E-state index contributed by atoms with van der Waals surface area (Å²) in [6, 6.07) is 9.77. The molecule has 4 heteroatoms. The molecule has 0 bridgehead atoms. The third-order valence-electron chi connectivity index (χ3n) is 3.00. The van der Waals surface area contributed by atoms with E-state index in [0.717, 1.165) is 5.56 Å². The molecule has 0 saturated carbocycles. The van der Waals surface area contributed by atoms with E-state index in [9.17, 15) is 8.42 Å². The molecule has 1 fully saturated rings. The molecular formula is C11H15NO2S. The molecule has 1 aromatic carbocycles. The fourth-order valence-corrected chi connectivity index (χ4v) is 4.39. The molecule has 2 rings (SSSR count). The number of nitrogens with two attached hydrogens (primary N) is 1. The number of benzene rings is 1. The van der Waals surface area contributed by atoms with Crippen molar-refractivity contribution in [2.24, 2.45) is 11.7 Å². The molecule has 0 spiro atoms. The highest BCUT2D eigenvalue weighted by Crippen LogP contribution is 2.33. The Balaban J connectivity index is 2.30. The van der Waals surface area contributed by atoms with Crippen molar-refractivity contribution < 1.29 is 8.42 Å². The second-order valence-corrected chi connectivity index (χ2v) is 6.24. The van der Waals surface area contributed by atoms with Gasteiger partial charge < -0.3 is 5.73 Å². The minimum Gasteiger partial charge on any atom is -0.330 e. The van der Waals surface area contributed by atoms with E-state index in [1.807, 2.05) is 30.3 Å². The molecule has 2 unspecified atom stereocenters. The van der Waals surface area contributed by atoms with E-state index in [4.69, 9.17) is 5.73 Å². The zero-order chi connectivity index (χ0) is 10.9. The smallest absolute Gasteiger partial charge is 0.151 e. The van der Waals surface area contributed by atoms with Gasteiger partial charge >= 0.3 is 0 Å². The third kappa shape index (κ3) is 2.21. The largest absolute Gasteiger partial charge is 0.330 e. The van der Waals surface area contributed by atoms with Gasteiger partial charge in [-0.2, -0.15) is 0 Å². The van der Waals surface area contributed by atoms with Gasteiger partial charge in [-0.3, -0.25) is 0 Å².